The van der Waals surface area contributed by atoms with Gasteiger partial charge in [0.15, 0.2) is 0 Å². The highest BCUT2D eigenvalue weighted by Crippen LogP contribution is 2.48. The number of allylic oxidation sites excluding steroid dienone is 2. The smallest absolute Gasteiger partial charge is 0.269 e. The van der Waals surface area contributed by atoms with Crippen molar-refractivity contribution < 1.29 is 28.8 Å². The molecule has 4 atom stereocenters. The topological polar surface area (TPSA) is 175 Å². The van der Waals surface area contributed by atoms with Crippen LogP contribution < -0.4 is 32.3 Å². The third-order valence-electron chi connectivity index (χ3n) is 7.84. The molecule has 45 heavy (non-hydrogen) atoms. The lowest BCUT2D eigenvalue weighted by Crippen LogP contribution is -2.52. The lowest BCUT2D eigenvalue weighted by Gasteiger charge is -2.26. The molecule has 0 aromatic heterocycles. The van der Waals surface area contributed by atoms with Gasteiger partial charge in [0.2, 0.25) is 23.6 Å². The van der Waals surface area contributed by atoms with E-state index < -0.39 is 46.3 Å². The number of fused-ring (bicyclic) bond motifs is 2. The molecule has 0 spiro atoms. The molecule has 238 valence electrons. The fourth-order valence-electron chi connectivity index (χ4n) is 5.13. The summed E-state index contributed by atoms with van der Waals surface area (Å²) in [7, 11) is 0. The summed E-state index contributed by atoms with van der Waals surface area (Å²) in [5, 5.41) is 5.56. The first kappa shape index (κ1) is 32.9. The molecule has 2 aromatic rings. The number of amides is 6. The Morgan fingerprint density at radius 2 is 0.867 bits per heavy atom. The minimum absolute atomic E-state index is 0.165. The van der Waals surface area contributed by atoms with Crippen LogP contribution in [0.1, 0.15) is 68.7 Å². The molecule has 0 aliphatic heterocycles. The van der Waals surface area contributed by atoms with Crippen molar-refractivity contribution in [2.75, 3.05) is 10.6 Å². The van der Waals surface area contributed by atoms with E-state index in [0.29, 0.717) is 17.8 Å². The molecule has 2 aliphatic carbocycles. The Kier molecular flexibility index (Phi) is 9.45. The van der Waals surface area contributed by atoms with Crippen LogP contribution in [-0.4, -0.2) is 35.4 Å². The quantitative estimate of drug-likeness (QED) is 0.214. The number of anilines is 2. The summed E-state index contributed by atoms with van der Waals surface area (Å²) in [5.41, 5.74) is 10.1. The number of carbonyl (C=O) groups excluding carboxylic acids is 6. The van der Waals surface area contributed by atoms with E-state index in [-0.39, 0.29) is 34.8 Å². The maximum Gasteiger partial charge on any atom is 0.269 e. The van der Waals surface area contributed by atoms with Gasteiger partial charge in [0.1, 0.15) is 0 Å². The molecule has 0 saturated heterocycles. The van der Waals surface area contributed by atoms with E-state index in [4.69, 9.17) is 0 Å². The standard InChI is InChI=1S/C33H40N6O6/c1-32(2,3)30(44)34-22-13-9-18(10-14-22)26(40)36-38-28(42)24-20-7-8-21(17-20)25(24)29(43)39-37-27(41)19-11-15-23(16-12-19)35-31(45)33(4,5)6/h7-16,20-21,24-25H,17H2,1-6H3,(H,34,44)(H,35,45)(H,36,40)(H,37,41)(H,38,42)(H,39,43)/t20-,21-,24-,25+/m0/s1. The van der Waals surface area contributed by atoms with E-state index >= 15 is 0 Å². The Labute approximate surface area is 262 Å². The van der Waals surface area contributed by atoms with E-state index in [2.05, 4.69) is 32.3 Å². The predicted octanol–water partition coefficient (Wildman–Crippen LogP) is 3.32. The van der Waals surface area contributed by atoms with Crippen molar-refractivity contribution in [1.82, 2.24) is 21.7 Å². The molecule has 1 fully saturated rings. The van der Waals surface area contributed by atoms with Gasteiger partial charge in [-0.3, -0.25) is 50.5 Å². The van der Waals surface area contributed by atoms with E-state index in [1.807, 2.05) is 12.2 Å². The molecule has 12 heteroatoms. The van der Waals surface area contributed by atoms with Crippen LogP contribution in [0.4, 0.5) is 11.4 Å². The average Bonchev–Trinajstić information content (AvgIpc) is 3.60. The maximum atomic E-state index is 13.2. The molecule has 2 aliphatic rings. The van der Waals surface area contributed by atoms with Crippen LogP contribution in [0.3, 0.4) is 0 Å². The van der Waals surface area contributed by atoms with Crippen molar-refractivity contribution in [2.24, 2.45) is 34.5 Å². The number of carbonyl (C=O) groups is 6. The molecule has 2 aromatic carbocycles. The molecular formula is C33H40N6O6. The lowest BCUT2D eigenvalue weighted by atomic mass is 9.82. The molecule has 0 radical (unpaired) electrons. The highest BCUT2D eigenvalue weighted by Gasteiger charge is 2.51. The van der Waals surface area contributed by atoms with Crippen molar-refractivity contribution >= 4 is 46.8 Å². The van der Waals surface area contributed by atoms with Crippen LogP contribution in [0.15, 0.2) is 60.7 Å². The SMILES string of the molecule is CC(C)(C)C(=O)Nc1ccc(C(=O)NNC(=O)[C@@H]2[C@H](C(=O)NNC(=O)c3ccc(NC(=O)C(C)(C)C)cc3)[C@H]3C=C[C@H]2C3)cc1. The fraction of sp³-hybridized carbons (Fsp3) is 0.394. The minimum atomic E-state index is -0.752. The van der Waals surface area contributed by atoms with Gasteiger partial charge in [-0.05, 0) is 66.8 Å². The highest BCUT2D eigenvalue weighted by molar-refractivity contribution is 6.00. The molecule has 0 heterocycles. The first-order valence-corrected chi connectivity index (χ1v) is 14.8. The Balaban J connectivity index is 1.30. The summed E-state index contributed by atoms with van der Waals surface area (Å²) in [4.78, 5) is 76.1. The van der Waals surface area contributed by atoms with Crippen LogP contribution in [0, 0.1) is 34.5 Å². The van der Waals surface area contributed by atoms with Crippen molar-refractivity contribution in [2.45, 2.75) is 48.0 Å². The minimum Gasteiger partial charge on any atom is -0.326 e. The number of hydrogen-bond donors (Lipinski definition) is 6. The van der Waals surface area contributed by atoms with E-state index in [0.717, 1.165) is 0 Å². The Morgan fingerprint density at radius 1 is 0.533 bits per heavy atom. The van der Waals surface area contributed by atoms with Crippen molar-refractivity contribution in [3.05, 3.63) is 71.8 Å². The second-order valence-electron chi connectivity index (χ2n) is 13.4. The molecule has 4 rings (SSSR count). The van der Waals surface area contributed by atoms with Gasteiger partial charge in [-0.1, -0.05) is 53.7 Å². The zero-order valence-electron chi connectivity index (χ0n) is 26.2. The van der Waals surface area contributed by atoms with Crippen LogP contribution >= 0.6 is 0 Å². The largest absolute Gasteiger partial charge is 0.326 e. The van der Waals surface area contributed by atoms with Gasteiger partial charge in [0.25, 0.3) is 11.8 Å². The third kappa shape index (κ3) is 7.94. The number of hydrogen-bond acceptors (Lipinski definition) is 6. The number of rotatable bonds is 6. The van der Waals surface area contributed by atoms with Gasteiger partial charge < -0.3 is 10.6 Å². The van der Waals surface area contributed by atoms with Crippen LogP contribution in [-0.2, 0) is 19.2 Å². The molecule has 6 amide bonds. The van der Waals surface area contributed by atoms with Gasteiger partial charge in [-0.2, -0.15) is 0 Å². The summed E-state index contributed by atoms with van der Waals surface area (Å²) in [6, 6.07) is 12.5. The predicted molar refractivity (Wildman–Crippen MR) is 168 cm³/mol. The van der Waals surface area contributed by atoms with Crippen LogP contribution in [0.2, 0.25) is 0 Å². The van der Waals surface area contributed by atoms with Crippen molar-refractivity contribution in [3.8, 4) is 0 Å². The lowest BCUT2D eigenvalue weighted by molar-refractivity contribution is -0.136. The second-order valence-corrected chi connectivity index (χ2v) is 13.4. The van der Waals surface area contributed by atoms with E-state index in [9.17, 15) is 28.8 Å². The molecule has 6 N–H and O–H groups in total. The monoisotopic (exact) mass is 616 g/mol. The summed E-state index contributed by atoms with van der Waals surface area (Å²) >= 11 is 0. The highest BCUT2D eigenvalue weighted by atomic mass is 16.2. The van der Waals surface area contributed by atoms with Gasteiger partial charge in [-0.15, -0.1) is 0 Å². The average molecular weight is 617 g/mol. The van der Waals surface area contributed by atoms with E-state index in [1.165, 1.54) is 24.3 Å². The van der Waals surface area contributed by atoms with Crippen LogP contribution in [0.5, 0.6) is 0 Å². The number of nitrogens with one attached hydrogen (secondary N) is 6. The Hall–Kier alpha value is -5.00. The summed E-state index contributed by atoms with van der Waals surface area (Å²) in [5.74, 6) is -4.39. The van der Waals surface area contributed by atoms with Gasteiger partial charge in [0.05, 0.1) is 11.8 Å². The molecular weight excluding hydrogens is 576 g/mol. The van der Waals surface area contributed by atoms with E-state index in [1.54, 1.807) is 65.8 Å². The zero-order valence-corrected chi connectivity index (χ0v) is 26.2. The Bertz CT molecular complexity index is 1410. The van der Waals surface area contributed by atoms with Gasteiger partial charge >= 0.3 is 0 Å². The first-order valence-electron chi connectivity index (χ1n) is 14.8. The summed E-state index contributed by atoms with van der Waals surface area (Å²) in [6.45, 7) is 10.8. The number of hydrazine groups is 2. The number of benzene rings is 2. The molecule has 1 saturated carbocycles. The van der Waals surface area contributed by atoms with Gasteiger partial charge in [-0.25, -0.2) is 0 Å². The van der Waals surface area contributed by atoms with Crippen LogP contribution in [0.25, 0.3) is 0 Å². The normalized spacial score (nSPS) is 20.1. The zero-order chi connectivity index (χ0) is 33.1. The summed E-state index contributed by atoms with van der Waals surface area (Å²) in [6.07, 6.45) is 4.38. The van der Waals surface area contributed by atoms with Crippen molar-refractivity contribution in [1.29, 1.82) is 0 Å². The summed E-state index contributed by atoms with van der Waals surface area (Å²) < 4.78 is 0. The Morgan fingerprint density at radius 3 is 1.18 bits per heavy atom. The first-order chi connectivity index (χ1) is 21.0. The fourth-order valence-corrected chi connectivity index (χ4v) is 5.13. The molecule has 2 bridgehead atoms. The third-order valence-corrected chi connectivity index (χ3v) is 7.84. The molecule has 12 nitrogen and oxygen atoms in total. The van der Waals surface area contributed by atoms with Gasteiger partial charge in [0, 0.05) is 33.3 Å². The van der Waals surface area contributed by atoms with Crippen molar-refractivity contribution in [3.63, 3.8) is 0 Å². The second kappa shape index (κ2) is 12.9. The molecule has 0 unspecified atom stereocenters. The maximum absolute atomic E-state index is 13.2.